The van der Waals surface area contributed by atoms with Crippen LogP contribution in [0.5, 0.6) is 11.5 Å². The molecule has 3 rings (SSSR count). The first-order valence-corrected chi connectivity index (χ1v) is 9.09. The third-order valence-corrected chi connectivity index (χ3v) is 4.29. The second-order valence-electron chi connectivity index (χ2n) is 6.62. The van der Waals surface area contributed by atoms with Crippen LogP contribution >= 0.6 is 0 Å². The average molecular weight is 381 g/mol. The van der Waals surface area contributed by atoms with Crippen molar-refractivity contribution in [2.45, 2.75) is 26.9 Å². The van der Waals surface area contributed by atoms with Crippen LogP contribution in [0.15, 0.2) is 42.5 Å². The van der Waals surface area contributed by atoms with Gasteiger partial charge in [-0.2, -0.15) is 0 Å². The minimum absolute atomic E-state index is 0.380. The van der Waals surface area contributed by atoms with Gasteiger partial charge in [0.15, 0.2) is 17.6 Å². The highest BCUT2D eigenvalue weighted by molar-refractivity contribution is 5.97. The van der Waals surface area contributed by atoms with E-state index in [2.05, 4.69) is 5.32 Å². The van der Waals surface area contributed by atoms with Crippen LogP contribution < -0.4 is 14.8 Å². The van der Waals surface area contributed by atoms with Crippen molar-refractivity contribution in [2.24, 2.45) is 0 Å². The molecule has 1 unspecified atom stereocenters. The molecule has 6 nitrogen and oxygen atoms in total. The Labute approximate surface area is 164 Å². The normalized spacial score (nSPS) is 13.8. The van der Waals surface area contributed by atoms with Gasteiger partial charge >= 0.3 is 5.97 Å². The summed E-state index contributed by atoms with van der Waals surface area (Å²) >= 11 is 0. The molecule has 1 aliphatic rings. The van der Waals surface area contributed by atoms with Crippen molar-refractivity contribution < 1.29 is 23.8 Å². The lowest BCUT2D eigenvalue weighted by Crippen LogP contribution is -2.29. The summed E-state index contributed by atoms with van der Waals surface area (Å²) in [5, 5.41) is 2.79. The number of ether oxygens (including phenoxy) is 3. The summed E-state index contributed by atoms with van der Waals surface area (Å²) in [6.45, 7) is 6.41. The number of benzene rings is 2. The minimum atomic E-state index is -0.919. The van der Waals surface area contributed by atoms with Crippen LogP contribution in [0.2, 0.25) is 0 Å². The number of carbonyl (C=O) groups excluding carboxylic acids is 2. The Kier molecular flexibility index (Phi) is 5.99. The van der Waals surface area contributed by atoms with E-state index < -0.39 is 12.1 Å². The Balaban J connectivity index is 1.57. The van der Waals surface area contributed by atoms with E-state index in [-0.39, 0.29) is 5.91 Å². The summed E-state index contributed by atoms with van der Waals surface area (Å²) in [5.41, 5.74) is 3.46. The van der Waals surface area contributed by atoms with Gasteiger partial charge in [0.1, 0.15) is 13.2 Å². The number of hydrogen-bond acceptors (Lipinski definition) is 5. The predicted molar refractivity (Wildman–Crippen MR) is 107 cm³/mol. The first-order valence-electron chi connectivity index (χ1n) is 9.09. The van der Waals surface area contributed by atoms with Crippen LogP contribution in [0.3, 0.4) is 0 Å². The van der Waals surface area contributed by atoms with Gasteiger partial charge in [-0.05, 0) is 61.7 Å². The zero-order valence-corrected chi connectivity index (χ0v) is 16.2. The largest absolute Gasteiger partial charge is 0.486 e. The molecule has 0 fully saturated rings. The monoisotopic (exact) mass is 381 g/mol. The highest BCUT2D eigenvalue weighted by Gasteiger charge is 2.17. The van der Waals surface area contributed by atoms with Gasteiger partial charge in [0, 0.05) is 11.8 Å². The summed E-state index contributed by atoms with van der Waals surface area (Å²) in [6, 6.07) is 11.2. The minimum Gasteiger partial charge on any atom is -0.486 e. The van der Waals surface area contributed by atoms with E-state index in [1.54, 1.807) is 18.2 Å². The van der Waals surface area contributed by atoms with Crippen molar-refractivity contribution in [1.82, 2.24) is 0 Å². The smallest absolute Gasteiger partial charge is 0.331 e. The summed E-state index contributed by atoms with van der Waals surface area (Å²) in [6.07, 6.45) is 1.97. The Hall–Kier alpha value is -3.28. The molecule has 0 aromatic heterocycles. The summed E-state index contributed by atoms with van der Waals surface area (Å²) in [4.78, 5) is 24.4. The quantitative estimate of drug-likeness (QED) is 0.632. The Morgan fingerprint density at radius 3 is 2.61 bits per heavy atom. The highest BCUT2D eigenvalue weighted by atomic mass is 16.6. The maximum absolute atomic E-state index is 12.3. The van der Waals surface area contributed by atoms with Crippen molar-refractivity contribution in [3.63, 3.8) is 0 Å². The number of nitrogens with one attached hydrogen (secondary N) is 1. The lowest BCUT2D eigenvalue weighted by Gasteiger charge is -2.18. The lowest BCUT2D eigenvalue weighted by atomic mass is 10.1. The van der Waals surface area contributed by atoms with Gasteiger partial charge in [-0.15, -0.1) is 0 Å². The van der Waals surface area contributed by atoms with Crippen LogP contribution in [0.25, 0.3) is 6.08 Å². The molecule has 1 heterocycles. The summed E-state index contributed by atoms with van der Waals surface area (Å²) < 4.78 is 16.2. The predicted octanol–water partition coefficient (Wildman–Crippen LogP) is 3.66. The molecule has 6 heteroatoms. The Morgan fingerprint density at radius 2 is 1.82 bits per heavy atom. The molecule has 0 bridgehead atoms. The first-order chi connectivity index (χ1) is 13.4. The number of esters is 1. The molecule has 2 aromatic carbocycles. The van der Waals surface area contributed by atoms with Crippen molar-refractivity contribution in [3.05, 3.63) is 59.2 Å². The van der Waals surface area contributed by atoms with Gasteiger partial charge in [0.05, 0.1) is 0 Å². The van der Waals surface area contributed by atoms with E-state index in [1.807, 2.05) is 38.1 Å². The zero-order valence-electron chi connectivity index (χ0n) is 16.2. The standard InChI is InChI=1S/C22H23NO5/c1-14-4-5-15(2)18(12-14)23-22(25)16(3)28-21(24)9-7-17-6-8-19-20(13-17)27-11-10-26-19/h4-9,12-13,16H,10-11H2,1-3H3,(H,23,25)/b9-7+. The van der Waals surface area contributed by atoms with E-state index in [1.165, 1.54) is 13.0 Å². The SMILES string of the molecule is Cc1ccc(C)c(NC(=O)C(C)OC(=O)/C=C/c2ccc3c(c2)OCCO3)c1. The molecular weight excluding hydrogens is 358 g/mol. The molecule has 1 N–H and O–H groups in total. The molecular formula is C22H23NO5. The third-order valence-electron chi connectivity index (χ3n) is 4.29. The number of amides is 1. The first kappa shape index (κ1) is 19.5. The molecule has 1 atom stereocenters. The van der Waals surface area contributed by atoms with Crippen LogP contribution in [-0.4, -0.2) is 31.2 Å². The van der Waals surface area contributed by atoms with Gasteiger partial charge in [-0.25, -0.2) is 4.79 Å². The topological polar surface area (TPSA) is 73.9 Å². The van der Waals surface area contributed by atoms with E-state index in [4.69, 9.17) is 14.2 Å². The van der Waals surface area contributed by atoms with Crippen LogP contribution in [0.4, 0.5) is 5.69 Å². The van der Waals surface area contributed by atoms with E-state index in [0.29, 0.717) is 30.4 Å². The summed E-state index contributed by atoms with van der Waals surface area (Å²) in [5.74, 6) is 0.346. The molecule has 0 saturated heterocycles. The zero-order chi connectivity index (χ0) is 20.1. The number of anilines is 1. The van der Waals surface area contributed by atoms with E-state index in [9.17, 15) is 9.59 Å². The molecule has 0 aliphatic carbocycles. The van der Waals surface area contributed by atoms with Gasteiger partial charge in [-0.1, -0.05) is 18.2 Å². The maximum Gasteiger partial charge on any atom is 0.331 e. The van der Waals surface area contributed by atoms with Gasteiger partial charge < -0.3 is 19.5 Å². The molecule has 0 spiro atoms. The Morgan fingerprint density at radius 1 is 1.07 bits per heavy atom. The van der Waals surface area contributed by atoms with E-state index >= 15 is 0 Å². The highest BCUT2D eigenvalue weighted by Crippen LogP contribution is 2.31. The van der Waals surface area contributed by atoms with Crippen molar-refractivity contribution in [1.29, 1.82) is 0 Å². The molecule has 0 saturated carbocycles. The molecule has 146 valence electrons. The second-order valence-corrected chi connectivity index (χ2v) is 6.62. The van der Waals surface area contributed by atoms with E-state index in [0.717, 1.165) is 16.7 Å². The van der Waals surface area contributed by atoms with Gasteiger partial charge in [-0.3, -0.25) is 4.79 Å². The number of rotatable bonds is 5. The molecule has 28 heavy (non-hydrogen) atoms. The fraction of sp³-hybridized carbons (Fsp3) is 0.273. The number of hydrogen-bond donors (Lipinski definition) is 1. The van der Waals surface area contributed by atoms with Crippen molar-refractivity contribution in [3.8, 4) is 11.5 Å². The van der Waals surface area contributed by atoms with Crippen molar-refractivity contribution in [2.75, 3.05) is 18.5 Å². The maximum atomic E-state index is 12.3. The van der Waals surface area contributed by atoms with Crippen LogP contribution in [-0.2, 0) is 14.3 Å². The third kappa shape index (κ3) is 4.91. The lowest BCUT2D eigenvalue weighted by molar-refractivity contribution is -0.148. The Bertz CT molecular complexity index is 919. The molecule has 1 amide bonds. The fourth-order valence-electron chi connectivity index (χ4n) is 2.70. The van der Waals surface area contributed by atoms with Gasteiger partial charge in [0.2, 0.25) is 0 Å². The average Bonchev–Trinajstić information content (AvgIpc) is 2.69. The molecule has 1 aliphatic heterocycles. The van der Waals surface area contributed by atoms with Crippen LogP contribution in [0, 0.1) is 13.8 Å². The fourth-order valence-corrected chi connectivity index (χ4v) is 2.70. The van der Waals surface area contributed by atoms with Crippen molar-refractivity contribution >= 4 is 23.6 Å². The second kappa shape index (κ2) is 8.61. The molecule has 2 aromatic rings. The van der Waals surface area contributed by atoms with Crippen LogP contribution in [0.1, 0.15) is 23.6 Å². The summed E-state index contributed by atoms with van der Waals surface area (Å²) in [7, 11) is 0. The number of fused-ring (bicyclic) bond motifs is 1. The van der Waals surface area contributed by atoms with Gasteiger partial charge in [0.25, 0.3) is 5.91 Å². The number of aryl methyl sites for hydroxylation is 2. The number of carbonyl (C=O) groups is 2. The molecule has 0 radical (unpaired) electrons.